The molecule has 0 radical (unpaired) electrons. The molecule has 6 rings (SSSR count). The van der Waals surface area contributed by atoms with Crippen molar-refractivity contribution < 1.29 is 28.8 Å². The third-order valence-corrected chi connectivity index (χ3v) is 7.17. The predicted molar refractivity (Wildman–Crippen MR) is 142 cm³/mol. The van der Waals surface area contributed by atoms with Gasteiger partial charge >= 0.3 is 12.1 Å². The van der Waals surface area contributed by atoms with E-state index < -0.39 is 29.9 Å². The SMILES string of the molecule is Cn1ccnc1CC(NC(=O)OCC1c2ccccc2-c2ccccc21)C(=O)ON1C(=O)c2ccccc2C1=O. The number of imide groups is 1. The first-order chi connectivity index (χ1) is 19.4. The number of imidazole rings is 1. The maximum absolute atomic E-state index is 13.2. The summed E-state index contributed by atoms with van der Waals surface area (Å²) >= 11 is 0. The number of nitrogens with one attached hydrogen (secondary N) is 1. The van der Waals surface area contributed by atoms with Crippen LogP contribution in [0.1, 0.15) is 43.6 Å². The molecule has 40 heavy (non-hydrogen) atoms. The Hall–Kier alpha value is -5.25. The molecule has 2 heterocycles. The lowest BCUT2D eigenvalue weighted by Crippen LogP contribution is -2.47. The zero-order valence-electron chi connectivity index (χ0n) is 21.4. The molecule has 0 bridgehead atoms. The van der Waals surface area contributed by atoms with Crippen molar-refractivity contribution in [1.29, 1.82) is 0 Å². The number of alkyl carbamates (subject to hydrolysis) is 1. The fraction of sp³-hybridized carbons (Fsp3) is 0.167. The van der Waals surface area contributed by atoms with Crippen molar-refractivity contribution in [3.8, 4) is 11.1 Å². The molecule has 1 aliphatic carbocycles. The quantitative estimate of drug-likeness (QED) is 0.358. The zero-order chi connectivity index (χ0) is 27.8. The third-order valence-electron chi connectivity index (χ3n) is 7.17. The Morgan fingerprint density at radius 1 is 0.875 bits per heavy atom. The van der Waals surface area contributed by atoms with Gasteiger partial charge in [0, 0.05) is 31.8 Å². The minimum absolute atomic E-state index is 0.0441. The van der Waals surface area contributed by atoms with Crippen LogP contribution in [-0.2, 0) is 27.8 Å². The first kappa shape index (κ1) is 25.1. The summed E-state index contributed by atoms with van der Waals surface area (Å²) in [6, 6.07) is 20.8. The lowest BCUT2D eigenvalue weighted by Gasteiger charge is -2.21. The Bertz CT molecular complexity index is 1580. The van der Waals surface area contributed by atoms with Crippen LogP contribution >= 0.6 is 0 Å². The van der Waals surface area contributed by atoms with Gasteiger partial charge in [-0.15, -0.1) is 0 Å². The van der Waals surface area contributed by atoms with Gasteiger partial charge in [-0.2, -0.15) is 0 Å². The lowest BCUT2D eigenvalue weighted by atomic mass is 9.98. The van der Waals surface area contributed by atoms with Gasteiger partial charge in [-0.25, -0.2) is 14.6 Å². The molecule has 10 heteroatoms. The number of rotatable bonds is 7. The van der Waals surface area contributed by atoms with Gasteiger partial charge in [0.2, 0.25) is 0 Å². The summed E-state index contributed by atoms with van der Waals surface area (Å²) in [5, 5.41) is 2.96. The van der Waals surface area contributed by atoms with E-state index >= 15 is 0 Å². The minimum Gasteiger partial charge on any atom is -0.449 e. The van der Waals surface area contributed by atoms with Gasteiger partial charge in [0.1, 0.15) is 18.5 Å². The van der Waals surface area contributed by atoms with E-state index in [2.05, 4.69) is 10.3 Å². The van der Waals surface area contributed by atoms with Crippen molar-refractivity contribution in [3.05, 3.63) is 113 Å². The van der Waals surface area contributed by atoms with Crippen molar-refractivity contribution in [2.45, 2.75) is 18.4 Å². The van der Waals surface area contributed by atoms with E-state index in [0.29, 0.717) is 10.9 Å². The number of carbonyl (C=O) groups is 4. The highest BCUT2D eigenvalue weighted by molar-refractivity contribution is 6.21. The molecule has 2 aliphatic rings. The first-order valence-corrected chi connectivity index (χ1v) is 12.7. The molecule has 200 valence electrons. The van der Waals surface area contributed by atoms with Crippen LogP contribution in [0.2, 0.25) is 0 Å². The summed E-state index contributed by atoms with van der Waals surface area (Å²) in [4.78, 5) is 61.1. The van der Waals surface area contributed by atoms with Crippen LogP contribution in [0.4, 0.5) is 4.79 Å². The fourth-order valence-electron chi connectivity index (χ4n) is 5.16. The molecular weight excluding hydrogens is 512 g/mol. The molecule has 3 amide bonds. The van der Waals surface area contributed by atoms with Crippen LogP contribution in [0.3, 0.4) is 0 Å². The summed E-state index contributed by atoms with van der Waals surface area (Å²) in [6.07, 6.45) is 2.33. The van der Waals surface area contributed by atoms with Crippen molar-refractivity contribution in [1.82, 2.24) is 19.9 Å². The topological polar surface area (TPSA) is 120 Å². The molecule has 1 N–H and O–H groups in total. The highest BCUT2D eigenvalue weighted by Gasteiger charge is 2.40. The second-order valence-electron chi connectivity index (χ2n) is 9.54. The largest absolute Gasteiger partial charge is 0.449 e. The first-order valence-electron chi connectivity index (χ1n) is 12.7. The predicted octanol–water partition coefficient (Wildman–Crippen LogP) is 3.62. The van der Waals surface area contributed by atoms with E-state index in [1.807, 2.05) is 48.5 Å². The molecule has 0 spiro atoms. The average Bonchev–Trinajstić information content (AvgIpc) is 3.60. The van der Waals surface area contributed by atoms with Gasteiger partial charge in [-0.1, -0.05) is 65.7 Å². The standard InChI is InChI=1S/C30H24N4O6/c1-33-15-14-31-26(33)16-25(29(37)40-34-27(35)22-12-6-7-13-23(22)28(34)36)32-30(38)39-17-24-20-10-4-2-8-18(20)19-9-3-5-11-21(19)24/h2-15,24-25H,16-17H2,1H3,(H,32,38). The molecule has 1 atom stereocenters. The smallest absolute Gasteiger partial charge is 0.407 e. The summed E-state index contributed by atoms with van der Waals surface area (Å²) in [6.45, 7) is 0.0441. The van der Waals surface area contributed by atoms with Gasteiger partial charge in [-0.3, -0.25) is 9.59 Å². The molecule has 0 saturated heterocycles. The van der Waals surface area contributed by atoms with Crippen molar-refractivity contribution in [2.75, 3.05) is 6.61 Å². The van der Waals surface area contributed by atoms with Gasteiger partial charge in [0.15, 0.2) is 0 Å². The maximum atomic E-state index is 13.2. The second kappa shape index (κ2) is 10.1. The number of aryl methyl sites for hydroxylation is 1. The minimum atomic E-state index is -1.29. The summed E-state index contributed by atoms with van der Waals surface area (Å²) < 4.78 is 7.28. The fourth-order valence-corrected chi connectivity index (χ4v) is 5.16. The molecule has 10 nitrogen and oxygen atoms in total. The number of hydrogen-bond donors (Lipinski definition) is 1. The summed E-state index contributed by atoms with van der Waals surface area (Å²) in [7, 11) is 1.74. The number of ether oxygens (including phenoxy) is 1. The van der Waals surface area contributed by atoms with Crippen molar-refractivity contribution in [3.63, 3.8) is 0 Å². The Morgan fingerprint density at radius 2 is 1.43 bits per heavy atom. The van der Waals surface area contributed by atoms with Gasteiger partial charge in [0.25, 0.3) is 11.8 Å². The van der Waals surface area contributed by atoms with E-state index in [1.165, 1.54) is 12.1 Å². The molecule has 4 aromatic rings. The highest BCUT2D eigenvalue weighted by Crippen LogP contribution is 2.44. The number of amides is 3. The monoisotopic (exact) mass is 536 g/mol. The number of benzene rings is 3. The van der Waals surface area contributed by atoms with Crippen LogP contribution in [0.15, 0.2) is 85.2 Å². The van der Waals surface area contributed by atoms with Gasteiger partial charge in [0.05, 0.1) is 11.1 Å². The normalized spacial score (nSPS) is 14.4. The number of hydrogen-bond acceptors (Lipinski definition) is 7. The molecular formula is C30H24N4O6. The Morgan fingerprint density at radius 3 is 1.98 bits per heavy atom. The van der Waals surface area contributed by atoms with Gasteiger partial charge in [-0.05, 0) is 34.4 Å². The van der Waals surface area contributed by atoms with E-state index in [-0.39, 0.29) is 30.1 Å². The number of aromatic nitrogens is 2. The van der Waals surface area contributed by atoms with Crippen LogP contribution in [0.5, 0.6) is 0 Å². The molecule has 0 saturated carbocycles. The lowest BCUT2D eigenvalue weighted by molar-refractivity contribution is -0.171. The average molecular weight is 537 g/mol. The summed E-state index contributed by atoms with van der Waals surface area (Å²) in [5.74, 6) is -2.22. The molecule has 1 aromatic heterocycles. The van der Waals surface area contributed by atoms with Crippen LogP contribution in [0, 0.1) is 0 Å². The van der Waals surface area contributed by atoms with E-state index in [0.717, 1.165) is 22.3 Å². The third kappa shape index (κ3) is 4.39. The van der Waals surface area contributed by atoms with E-state index in [1.54, 1.807) is 36.1 Å². The number of carbonyl (C=O) groups excluding carboxylic acids is 4. The maximum Gasteiger partial charge on any atom is 0.407 e. The highest BCUT2D eigenvalue weighted by atomic mass is 16.7. The van der Waals surface area contributed by atoms with Crippen molar-refractivity contribution in [2.24, 2.45) is 7.05 Å². The molecule has 0 fully saturated rings. The van der Waals surface area contributed by atoms with E-state index in [4.69, 9.17) is 9.57 Å². The number of hydroxylamine groups is 2. The molecule has 1 unspecified atom stereocenters. The summed E-state index contributed by atoms with van der Waals surface area (Å²) in [5.41, 5.74) is 4.53. The number of fused-ring (bicyclic) bond motifs is 4. The zero-order valence-corrected chi connectivity index (χ0v) is 21.4. The van der Waals surface area contributed by atoms with Gasteiger partial charge < -0.3 is 19.5 Å². The Labute approximate surface area is 229 Å². The Balaban J connectivity index is 1.17. The van der Waals surface area contributed by atoms with Crippen molar-refractivity contribution >= 4 is 23.9 Å². The molecule has 1 aliphatic heterocycles. The van der Waals surface area contributed by atoms with E-state index in [9.17, 15) is 19.2 Å². The van der Waals surface area contributed by atoms with Crippen LogP contribution in [0.25, 0.3) is 11.1 Å². The second-order valence-corrected chi connectivity index (χ2v) is 9.54. The number of nitrogens with zero attached hydrogens (tertiary/aromatic N) is 3. The molecule has 3 aromatic carbocycles. The van der Waals surface area contributed by atoms with Crippen LogP contribution < -0.4 is 5.32 Å². The van der Waals surface area contributed by atoms with Crippen LogP contribution in [-0.4, -0.2) is 51.1 Å². The Kier molecular flexibility index (Phi) is 6.35.